The van der Waals surface area contributed by atoms with Crippen LogP contribution in [0.15, 0.2) is 12.1 Å². The lowest BCUT2D eigenvalue weighted by atomic mass is 10.4. The van der Waals surface area contributed by atoms with E-state index in [-0.39, 0.29) is 0 Å². The normalized spacial score (nSPS) is 19.2. The molecule has 0 bridgehead atoms. The third-order valence-corrected chi connectivity index (χ3v) is 3.87. The van der Waals surface area contributed by atoms with Gasteiger partial charge in [-0.3, -0.25) is 4.90 Å². The van der Waals surface area contributed by atoms with Gasteiger partial charge in [0.1, 0.15) is 6.61 Å². The Labute approximate surface area is 120 Å². The van der Waals surface area contributed by atoms with Gasteiger partial charge < -0.3 is 15.2 Å². The van der Waals surface area contributed by atoms with E-state index >= 15 is 0 Å². The van der Waals surface area contributed by atoms with Crippen LogP contribution in [-0.2, 0) is 0 Å². The summed E-state index contributed by atoms with van der Waals surface area (Å²) < 4.78 is 11.4. The highest BCUT2D eigenvalue weighted by atomic mass is 16.5. The van der Waals surface area contributed by atoms with E-state index in [1.807, 2.05) is 6.07 Å². The Hall–Kier alpha value is -1.49. The Bertz CT molecular complexity index is 443. The maximum atomic E-state index is 5.87. The molecule has 1 aliphatic heterocycles. The molecule has 110 valence electrons. The number of anilines is 1. The van der Waals surface area contributed by atoms with Crippen LogP contribution in [0.4, 0.5) is 5.69 Å². The standard InChI is InChI=1S/C15H23N3O2/c16-13-5-6-14(17-15(13)20-11-12-3-4-12)19-10-9-18-7-1-2-8-18/h5-6,12H,1-4,7-11,16H2. The van der Waals surface area contributed by atoms with Crippen LogP contribution < -0.4 is 15.2 Å². The maximum absolute atomic E-state index is 5.87. The van der Waals surface area contributed by atoms with Crippen molar-refractivity contribution in [1.82, 2.24) is 9.88 Å². The third kappa shape index (κ3) is 3.76. The summed E-state index contributed by atoms with van der Waals surface area (Å²) in [6, 6.07) is 3.61. The van der Waals surface area contributed by atoms with Crippen molar-refractivity contribution in [3.8, 4) is 11.8 Å². The van der Waals surface area contributed by atoms with E-state index in [2.05, 4.69) is 9.88 Å². The first-order chi connectivity index (χ1) is 9.81. The summed E-state index contributed by atoms with van der Waals surface area (Å²) in [7, 11) is 0. The first kappa shape index (κ1) is 13.5. The molecule has 0 aromatic carbocycles. The minimum Gasteiger partial charge on any atom is -0.476 e. The van der Waals surface area contributed by atoms with Crippen molar-refractivity contribution in [3.05, 3.63) is 12.1 Å². The number of nitrogen functional groups attached to an aromatic ring is 1. The van der Waals surface area contributed by atoms with Gasteiger partial charge in [-0.25, -0.2) is 0 Å². The summed E-state index contributed by atoms with van der Waals surface area (Å²) in [6.45, 7) is 4.72. The van der Waals surface area contributed by atoms with Gasteiger partial charge in [0.2, 0.25) is 11.8 Å². The Morgan fingerprint density at radius 1 is 1.20 bits per heavy atom. The lowest BCUT2D eigenvalue weighted by molar-refractivity contribution is 0.227. The van der Waals surface area contributed by atoms with Gasteiger partial charge in [0.25, 0.3) is 0 Å². The van der Waals surface area contributed by atoms with Crippen LogP contribution in [0, 0.1) is 5.92 Å². The SMILES string of the molecule is Nc1ccc(OCCN2CCCC2)nc1OCC1CC1. The highest BCUT2D eigenvalue weighted by Gasteiger charge is 2.22. The van der Waals surface area contributed by atoms with Crippen molar-refractivity contribution in [2.45, 2.75) is 25.7 Å². The number of ether oxygens (including phenoxy) is 2. The molecule has 2 aliphatic rings. The number of rotatable bonds is 7. The van der Waals surface area contributed by atoms with Gasteiger partial charge in [0.05, 0.1) is 12.3 Å². The molecule has 0 spiro atoms. The molecular formula is C15H23N3O2. The van der Waals surface area contributed by atoms with Crippen LogP contribution in [0.3, 0.4) is 0 Å². The van der Waals surface area contributed by atoms with Crippen LogP contribution in [0.2, 0.25) is 0 Å². The fraction of sp³-hybridized carbons (Fsp3) is 0.667. The van der Waals surface area contributed by atoms with Gasteiger partial charge in [-0.15, -0.1) is 0 Å². The predicted octanol–water partition coefficient (Wildman–Crippen LogP) is 1.93. The smallest absolute Gasteiger partial charge is 0.240 e. The van der Waals surface area contributed by atoms with Crippen molar-refractivity contribution in [1.29, 1.82) is 0 Å². The number of pyridine rings is 1. The van der Waals surface area contributed by atoms with Gasteiger partial charge in [0, 0.05) is 12.6 Å². The summed E-state index contributed by atoms with van der Waals surface area (Å²) in [5.74, 6) is 1.80. The number of hydrogen-bond acceptors (Lipinski definition) is 5. The molecule has 2 fully saturated rings. The number of nitrogens with two attached hydrogens (primary N) is 1. The van der Waals surface area contributed by atoms with Gasteiger partial charge in [-0.05, 0) is 50.8 Å². The van der Waals surface area contributed by atoms with Crippen LogP contribution in [0.5, 0.6) is 11.8 Å². The van der Waals surface area contributed by atoms with Crippen molar-refractivity contribution in [2.24, 2.45) is 5.92 Å². The van der Waals surface area contributed by atoms with E-state index in [0.29, 0.717) is 36.6 Å². The minimum atomic E-state index is 0.510. The van der Waals surface area contributed by atoms with Crippen LogP contribution in [-0.4, -0.2) is 42.7 Å². The molecule has 1 aliphatic carbocycles. The second kappa shape index (κ2) is 6.31. The molecular weight excluding hydrogens is 254 g/mol. The molecule has 1 aromatic heterocycles. The summed E-state index contributed by atoms with van der Waals surface area (Å²) in [4.78, 5) is 6.77. The molecule has 1 saturated carbocycles. The van der Waals surface area contributed by atoms with E-state index in [4.69, 9.17) is 15.2 Å². The highest BCUT2D eigenvalue weighted by Crippen LogP contribution is 2.30. The molecule has 0 radical (unpaired) electrons. The maximum Gasteiger partial charge on any atom is 0.240 e. The number of nitrogens with zero attached hydrogens (tertiary/aromatic N) is 2. The van der Waals surface area contributed by atoms with Crippen LogP contribution in [0.1, 0.15) is 25.7 Å². The molecule has 5 nitrogen and oxygen atoms in total. The molecule has 20 heavy (non-hydrogen) atoms. The lowest BCUT2D eigenvalue weighted by Gasteiger charge is -2.15. The first-order valence-electron chi connectivity index (χ1n) is 7.56. The van der Waals surface area contributed by atoms with E-state index in [1.54, 1.807) is 6.07 Å². The molecule has 1 saturated heterocycles. The van der Waals surface area contributed by atoms with Gasteiger partial charge in [-0.2, -0.15) is 4.98 Å². The topological polar surface area (TPSA) is 60.6 Å². The van der Waals surface area contributed by atoms with E-state index < -0.39 is 0 Å². The molecule has 0 atom stereocenters. The van der Waals surface area contributed by atoms with Gasteiger partial charge in [-0.1, -0.05) is 0 Å². The lowest BCUT2D eigenvalue weighted by Crippen LogP contribution is -2.25. The summed E-state index contributed by atoms with van der Waals surface area (Å²) >= 11 is 0. The van der Waals surface area contributed by atoms with Crippen molar-refractivity contribution >= 4 is 5.69 Å². The Balaban J connectivity index is 1.48. The molecule has 1 aromatic rings. The summed E-state index contributed by atoms with van der Waals surface area (Å²) in [5, 5.41) is 0. The Kier molecular flexibility index (Phi) is 4.25. The monoisotopic (exact) mass is 277 g/mol. The molecule has 3 rings (SSSR count). The highest BCUT2D eigenvalue weighted by molar-refractivity contribution is 5.49. The van der Waals surface area contributed by atoms with Crippen LogP contribution >= 0.6 is 0 Å². The average Bonchev–Trinajstić information content (AvgIpc) is 3.14. The van der Waals surface area contributed by atoms with Crippen LogP contribution in [0.25, 0.3) is 0 Å². The summed E-state index contributed by atoms with van der Waals surface area (Å²) in [6.07, 6.45) is 5.12. The average molecular weight is 277 g/mol. The first-order valence-corrected chi connectivity index (χ1v) is 7.56. The van der Waals surface area contributed by atoms with Crippen molar-refractivity contribution in [3.63, 3.8) is 0 Å². The zero-order chi connectivity index (χ0) is 13.8. The zero-order valence-corrected chi connectivity index (χ0v) is 11.9. The number of hydrogen-bond donors (Lipinski definition) is 1. The van der Waals surface area contributed by atoms with Gasteiger partial charge >= 0.3 is 0 Å². The largest absolute Gasteiger partial charge is 0.476 e. The fourth-order valence-electron chi connectivity index (χ4n) is 2.40. The van der Waals surface area contributed by atoms with Crippen molar-refractivity contribution in [2.75, 3.05) is 38.6 Å². The molecule has 0 amide bonds. The molecule has 0 unspecified atom stereocenters. The number of aromatic nitrogens is 1. The predicted molar refractivity (Wildman–Crippen MR) is 78.0 cm³/mol. The fourth-order valence-corrected chi connectivity index (χ4v) is 2.40. The zero-order valence-electron chi connectivity index (χ0n) is 11.9. The van der Waals surface area contributed by atoms with Gasteiger partial charge in [0.15, 0.2) is 0 Å². The third-order valence-electron chi connectivity index (χ3n) is 3.87. The van der Waals surface area contributed by atoms with Crippen molar-refractivity contribution < 1.29 is 9.47 Å². The van der Waals surface area contributed by atoms with E-state index in [0.717, 1.165) is 6.54 Å². The minimum absolute atomic E-state index is 0.510. The molecule has 2 heterocycles. The van der Waals surface area contributed by atoms with E-state index in [1.165, 1.54) is 38.8 Å². The quantitative estimate of drug-likeness (QED) is 0.825. The van der Waals surface area contributed by atoms with E-state index in [9.17, 15) is 0 Å². The Morgan fingerprint density at radius 3 is 2.75 bits per heavy atom. The second-order valence-corrected chi connectivity index (χ2v) is 5.70. The Morgan fingerprint density at radius 2 is 2.00 bits per heavy atom. The second-order valence-electron chi connectivity index (χ2n) is 5.70. The molecule has 5 heteroatoms. The molecule has 2 N–H and O–H groups in total. The summed E-state index contributed by atoms with van der Waals surface area (Å²) in [5.41, 5.74) is 6.45. The number of likely N-dealkylation sites (tertiary alicyclic amines) is 1.